The van der Waals surface area contributed by atoms with Gasteiger partial charge in [0.15, 0.2) is 6.61 Å². The molecule has 0 saturated carbocycles. The summed E-state index contributed by atoms with van der Waals surface area (Å²) in [5.74, 6) is -0.645. The van der Waals surface area contributed by atoms with Crippen molar-refractivity contribution >= 4 is 33.3 Å². The molecule has 0 fully saturated rings. The van der Waals surface area contributed by atoms with E-state index in [-0.39, 0.29) is 5.56 Å². The maximum absolute atomic E-state index is 12.3. The van der Waals surface area contributed by atoms with E-state index in [1.807, 2.05) is 13.0 Å². The van der Waals surface area contributed by atoms with Crippen LogP contribution >= 0.6 is 0 Å². The van der Waals surface area contributed by atoms with Crippen LogP contribution in [0.1, 0.15) is 21.5 Å². The molecule has 1 aliphatic rings. The maximum Gasteiger partial charge on any atom is 0.338 e. The summed E-state index contributed by atoms with van der Waals surface area (Å²) < 4.78 is 35.2. The van der Waals surface area contributed by atoms with Crippen molar-refractivity contribution in [3.05, 3.63) is 53.1 Å². The van der Waals surface area contributed by atoms with E-state index >= 15 is 0 Å². The molecule has 1 aliphatic heterocycles. The van der Waals surface area contributed by atoms with Crippen LogP contribution in [0, 0.1) is 6.92 Å². The molecule has 0 spiro atoms. The molecule has 29 heavy (non-hydrogen) atoms. The van der Waals surface area contributed by atoms with E-state index < -0.39 is 28.5 Å². The number of rotatable bonds is 6. The molecule has 1 amide bonds. The van der Waals surface area contributed by atoms with Gasteiger partial charge in [0.25, 0.3) is 5.91 Å². The Balaban J connectivity index is 1.63. The molecule has 0 radical (unpaired) electrons. The Morgan fingerprint density at radius 2 is 1.93 bits per heavy atom. The van der Waals surface area contributed by atoms with Gasteiger partial charge in [0, 0.05) is 6.54 Å². The molecule has 154 valence electrons. The molecule has 1 heterocycles. The maximum atomic E-state index is 12.3. The highest BCUT2D eigenvalue weighted by Gasteiger charge is 2.27. The van der Waals surface area contributed by atoms with Crippen molar-refractivity contribution in [2.45, 2.75) is 13.3 Å². The number of aryl methyl sites for hydroxylation is 1. The Labute approximate surface area is 169 Å². The molecular formula is C20H22N2O6S. The highest BCUT2D eigenvalue weighted by Crippen LogP contribution is 2.31. The number of anilines is 2. The van der Waals surface area contributed by atoms with Crippen LogP contribution in [0.3, 0.4) is 0 Å². The number of sulfonamides is 1. The van der Waals surface area contributed by atoms with E-state index in [1.54, 1.807) is 24.3 Å². The minimum absolute atomic E-state index is 0.264. The summed E-state index contributed by atoms with van der Waals surface area (Å²) in [6, 6.07) is 10.0. The molecule has 3 rings (SSSR count). The number of carbonyl (C=O) groups is 2. The number of nitrogens with one attached hydrogen (secondary N) is 1. The first-order chi connectivity index (χ1) is 13.7. The number of fused-ring (bicyclic) bond motifs is 1. The number of methoxy groups -OCH3 is 1. The van der Waals surface area contributed by atoms with Crippen molar-refractivity contribution in [2.75, 3.05) is 36.1 Å². The first-order valence-electron chi connectivity index (χ1n) is 8.91. The van der Waals surface area contributed by atoms with Crippen LogP contribution in [-0.4, -0.2) is 46.8 Å². The van der Waals surface area contributed by atoms with E-state index in [0.717, 1.165) is 17.4 Å². The van der Waals surface area contributed by atoms with Crippen LogP contribution in [-0.2, 0) is 26.0 Å². The van der Waals surface area contributed by atoms with Crippen LogP contribution < -0.4 is 14.4 Å². The topological polar surface area (TPSA) is 102 Å². The van der Waals surface area contributed by atoms with E-state index in [1.165, 1.54) is 17.5 Å². The number of amides is 1. The minimum atomic E-state index is -3.36. The van der Waals surface area contributed by atoms with Gasteiger partial charge in [0.2, 0.25) is 10.0 Å². The molecule has 9 heteroatoms. The molecule has 0 atom stereocenters. The van der Waals surface area contributed by atoms with Crippen molar-refractivity contribution in [1.29, 1.82) is 0 Å². The number of esters is 1. The second kappa shape index (κ2) is 8.12. The molecule has 0 unspecified atom stereocenters. The summed E-state index contributed by atoms with van der Waals surface area (Å²) in [5, 5.41) is 2.66. The Morgan fingerprint density at radius 1 is 1.17 bits per heavy atom. The third kappa shape index (κ3) is 4.68. The number of carbonyl (C=O) groups excluding carboxylic acids is 2. The van der Waals surface area contributed by atoms with Crippen LogP contribution in [0.25, 0.3) is 0 Å². The zero-order valence-electron chi connectivity index (χ0n) is 16.4. The fourth-order valence-corrected chi connectivity index (χ4v) is 4.12. The predicted octanol–water partition coefficient (Wildman–Crippen LogP) is 2.12. The molecular weight excluding hydrogens is 396 g/mol. The van der Waals surface area contributed by atoms with Crippen molar-refractivity contribution in [1.82, 2.24) is 0 Å². The third-order valence-corrected chi connectivity index (χ3v) is 5.71. The average molecular weight is 418 g/mol. The summed E-state index contributed by atoms with van der Waals surface area (Å²) in [7, 11) is -1.86. The summed E-state index contributed by atoms with van der Waals surface area (Å²) in [6.45, 7) is 1.77. The third-order valence-electron chi connectivity index (χ3n) is 4.53. The summed E-state index contributed by atoms with van der Waals surface area (Å²) in [6.07, 6.45) is 1.66. The van der Waals surface area contributed by atoms with Crippen LogP contribution in [0.15, 0.2) is 36.4 Å². The zero-order chi connectivity index (χ0) is 21.2. The predicted molar refractivity (Wildman–Crippen MR) is 109 cm³/mol. The molecule has 0 bridgehead atoms. The number of hydrogen-bond donors (Lipinski definition) is 1. The fraction of sp³-hybridized carbons (Fsp3) is 0.300. The fourth-order valence-electron chi connectivity index (χ4n) is 3.16. The van der Waals surface area contributed by atoms with E-state index in [9.17, 15) is 18.0 Å². The van der Waals surface area contributed by atoms with Crippen molar-refractivity contribution in [3.63, 3.8) is 0 Å². The number of hydrogen-bond acceptors (Lipinski definition) is 6. The van der Waals surface area contributed by atoms with Crippen LogP contribution in [0.4, 0.5) is 11.4 Å². The second-order valence-corrected chi connectivity index (χ2v) is 8.66. The monoisotopic (exact) mass is 418 g/mol. The van der Waals surface area contributed by atoms with Crippen molar-refractivity contribution in [2.24, 2.45) is 0 Å². The smallest absolute Gasteiger partial charge is 0.338 e. The Hall–Kier alpha value is -3.07. The summed E-state index contributed by atoms with van der Waals surface area (Å²) in [5.41, 5.74) is 3.01. The Kier molecular flexibility index (Phi) is 5.78. The summed E-state index contributed by atoms with van der Waals surface area (Å²) in [4.78, 5) is 24.4. The normalized spacial score (nSPS) is 13.0. The minimum Gasteiger partial charge on any atom is -0.495 e. The first kappa shape index (κ1) is 20.7. The van der Waals surface area contributed by atoms with Crippen LogP contribution in [0.2, 0.25) is 0 Å². The molecule has 0 aliphatic carbocycles. The molecule has 1 N–H and O–H groups in total. The average Bonchev–Trinajstić information content (AvgIpc) is 3.10. The van der Waals surface area contributed by atoms with Gasteiger partial charge in [-0.3, -0.25) is 9.10 Å². The molecule has 8 nitrogen and oxygen atoms in total. The zero-order valence-corrected chi connectivity index (χ0v) is 17.2. The van der Waals surface area contributed by atoms with Gasteiger partial charge in [-0.25, -0.2) is 13.2 Å². The second-order valence-electron chi connectivity index (χ2n) is 6.76. The van der Waals surface area contributed by atoms with Gasteiger partial charge in [-0.2, -0.15) is 0 Å². The number of benzene rings is 2. The molecule has 2 aromatic carbocycles. The van der Waals surface area contributed by atoms with Gasteiger partial charge in [-0.05, 0) is 54.8 Å². The standard InChI is InChI=1S/C20H22N2O6S/c1-13-4-7-18(27-2)16(10-13)21-19(23)12-28-20(24)15-5-6-17-14(11-15)8-9-22(17)29(3,25)26/h4-7,10-11H,8-9,12H2,1-3H3,(H,21,23). The van der Waals surface area contributed by atoms with Gasteiger partial charge < -0.3 is 14.8 Å². The van der Waals surface area contributed by atoms with Gasteiger partial charge >= 0.3 is 5.97 Å². The van der Waals surface area contributed by atoms with Crippen molar-refractivity contribution in [3.8, 4) is 5.75 Å². The lowest BCUT2D eigenvalue weighted by Gasteiger charge is -2.16. The van der Waals surface area contributed by atoms with Crippen molar-refractivity contribution < 1.29 is 27.5 Å². The molecule has 2 aromatic rings. The van der Waals surface area contributed by atoms with Gasteiger partial charge in [0.05, 0.1) is 30.3 Å². The highest BCUT2D eigenvalue weighted by molar-refractivity contribution is 7.92. The lowest BCUT2D eigenvalue weighted by Crippen LogP contribution is -2.27. The summed E-state index contributed by atoms with van der Waals surface area (Å²) >= 11 is 0. The number of nitrogens with zero attached hydrogens (tertiary/aromatic N) is 1. The highest BCUT2D eigenvalue weighted by atomic mass is 32.2. The van der Waals surface area contributed by atoms with Gasteiger partial charge in [-0.15, -0.1) is 0 Å². The Morgan fingerprint density at radius 3 is 2.62 bits per heavy atom. The van der Waals surface area contributed by atoms with E-state index in [0.29, 0.717) is 30.1 Å². The molecule has 0 saturated heterocycles. The van der Waals surface area contributed by atoms with Gasteiger partial charge in [-0.1, -0.05) is 6.07 Å². The van der Waals surface area contributed by atoms with E-state index in [4.69, 9.17) is 9.47 Å². The molecule has 0 aromatic heterocycles. The quantitative estimate of drug-likeness (QED) is 0.721. The van der Waals surface area contributed by atoms with E-state index in [2.05, 4.69) is 5.32 Å². The lowest BCUT2D eigenvalue weighted by molar-refractivity contribution is -0.119. The SMILES string of the molecule is COc1ccc(C)cc1NC(=O)COC(=O)c1ccc2c(c1)CCN2S(C)(=O)=O. The van der Waals surface area contributed by atoms with Crippen LogP contribution in [0.5, 0.6) is 5.75 Å². The first-order valence-corrected chi connectivity index (χ1v) is 10.8. The number of ether oxygens (including phenoxy) is 2. The Bertz CT molecular complexity index is 1060. The lowest BCUT2D eigenvalue weighted by atomic mass is 10.1. The van der Waals surface area contributed by atoms with Gasteiger partial charge in [0.1, 0.15) is 5.75 Å². The largest absolute Gasteiger partial charge is 0.495 e.